The van der Waals surface area contributed by atoms with E-state index < -0.39 is 11.9 Å². The maximum atomic E-state index is 9.60. The van der Waals surface area contributed by atoms with E-state index in [1.807, 2.05) is 13.8 Å². The van der Waals surface area contributed by atoms with Crippen molar-refractivity contribution in [2.24, 2.45) is 0 Å². The van der Waals surface area contributed by atoms with Crippen molar-refractivity contribution in [3.63, 3.8) is 0 Å². The van der Waals surface area contributed by atoms with Crippen molar-refractivity contribution in [3.8, 4) is 0 Å². The number of carbonyl (C=O) groups is 2. The summed E-state index contributed by atoms with van der Waals surface area (Å²) >= 11 is 0. The Bertz CT molecular complexity index is 123. The van der Waals surface area contributed by atoms with Crippen LogP contribution in [0, 0.1) is 0 Å². The third-order valence-electron chi connectivity index (χ3n) is 0.928. The minimum absolute atomic E-state index is 0. The monoisotopic (exact) mass is 276 g/mol. The first kappa shape index (κ1) is 29.3. The fraction of sp³-hybridized carbons (Fsp3) is 0.750. The Morgan fingerprint density at radius 2 is 1.07 bits per heavy atom. The molecule has 0 atom stereocenters. The van der Waals surface area contributed by atoms with E-state index >= 15 is 0 Å². The quantitative estimate of drug-likeness (QED) is 0.703. The van der Waals surface area contributed by atoms with Gasteiger partial charge in [0.15, 0.2) is 0 Å². The van der Waals surface area contributed by atoms with Crippen LogP contribution in [0.4, 0.5) is 0 Å². The Balaban J connectivity index is -0.0000000370. The Kier molecular flexibility index (Phi) is 45.6. The molecule has 6 N–H and O–H groups in total. The largest absolute Gasteiger partial charge is 0.481 e. The van der Waals surface area contributed by atoms with Crippen molar-refractivity contribution in [2.45, 2.75) is 39.5 Å². The summed E-state index contributed by atoms with van der Waals surface area (Å²) in [4.78, 5) is 19.2. The number of rotatable bonds is 4. The number of carboxylic acids is 2. The van der Waals surface area contributed by atoms with Gasteiger partial charge in [-0.3, -0.25) is 9.59 Å². The number of aliphatic carboxylic acids is 2. The first-order valence-electron chi connectivity index (χ1n) is 3.98. The van der Waals surface area contributed by atoms with Crippen molar-refractivity contribution in [1.29, 1.82) is 0 Å². The number of carboxylic acid groups (broad SMARTS) is 2. The molecule has 0 unspecified atom stereocenters. The van der Waals surface area contributed by atoms with Crippen molar-refractivity contribution in [1.82, 2.24) is 0 Å². The number of hydrogen-bond acceptors (Lipinski definition) is 2. The van der Waals surface area contributed by atoms with E-state index in [0.29, 0.717) is 12.8 Å². The third kappa shape index (κ3) is 59.1. The summed E-state index contributed by atoms with van der Waals surface area (Å²) in [6, 6.07) is 0. The molecule has 0 aromatic heterocycles. The second-order valence-electron chi connectivity index (χ2n) is 2.29. The molecule has 90 valence electrons. The molecule has 0 bridgehead atoms. The maximum absolute atomic E-state index is 9.60. The fourth-order valence-corrected chi connectivity index (χ4v) is 0.428. The van der Waals surface area contributed by atoms with Crippen LogP contribution in [0.3, 0.4) is 0 Å². The molecule has 0 heterocycles. The molecule has 0 radical (unpaired) electrons. The van der Waals surface area contributed by atoms with Gasteiger partial charge in [0, 0.05) is 32.3 Å². The molecule has 7 heteroatoms. The Hall–Kier alpha value is -0.517. The molecule has 0 aromatic carbocycles. The van der Waals surface area contributed by atoms with Gasteiger partial charge in [-0.05, 0) is 12.8 Å². The van der Waals surface area contributed by atoms with Crippen LogP contribution in [0.15, 0.2) is 0 Å². The summed E-state index contributed by atoms with van der Waals surface area (Å²) in [6.45, 7) is 3.68. The molecule has 0 saturated heterocycles. The molecule has 0 aliphatic rings. The summed E-state index contributed by atoms with van der Waals surface area (Å²) in [5.41, 5.74) is 0. The van der Waals surface area contributed by atoms with Crippen LogP contribution < -0.4 is 0 Å². The Morgan fingerprint density at radius 1 is 0.867 bits per heavy atom. The van der Waals surface area contributed by atoms with Gasteiger partial charge in [0.2, 0.25) is 0 Å². The van der Waals surface area contributed by atoms with Crippen LogP contribution in [-0.2, 0) is 29.1 Å². The molecule has 0 aromatic rings. The normalized spacial score (nSPS) is 6.53. The van der Waals surface area contributed by atoms with Crippen LogP contribution in [0.2, 0.25) is 0 Å². The van der Waals surface area contributed by atoms with Gasteiger partial charge in [-0.25, -0.2) is 0 Å². The van der Waals surface area contributed by atoms with Gasteiger partial charge in [-0.1, -0.05) is 13.8 Å². The zero-order valence-corrected chi connectivity index (χ0v) is 12.2. The summed E-state index contributed by atoms with van der Waals surface area (Å²) in [5.74, 6) is -1.42. The molecule has 6 nitrogen and oxygen atoms in total. The van der Waals surface area contributed by atoms with E-state index in [2.05, 4.69) is 0 Å². The molecular formula is C8H20O6Zn. The van der Waals surface area contributed by atoms with E-state index in [1.54, 1.807) is 0 Å². The second kappa shape index (κ2) is 23.4. The van der Waals surface area contributed by atoms with Gasteiger partial charge >= 0.3 is 11.9 Å². The molecule has 15 heavy (non-hydrogen) atoms. The molecule has 0 rings (SSSR count). The zero-order chi connectivity index (χ0) is 9.98. The van der Waals surface area contributed by atoms with Gasteiger partial charge in [0.1, 0.15) is 0 Å². The smallest absolute Gasteiger partial charge is 0.303 e. The molecule has 0 amide bonds. The first-order chi connectivity index (χ1) is 5.54. The molecular weight excluding hydrogens is 257 g/mol. The van der Waals surface area contributed by atoms with Gasteiger partial charge in [0.05, 0.1) is 0 Å². The van der Waals surface area contributed by atoms with Crippen molar-refractivity contribution in [3.05, 3.63) is 0 Å². The van der Waals surface area contributed by atoms with Crippen LogP contribution in [0.5, 0.6) is 0 Å². The standard InChI is InChI=1S/2C4H8O2.2H2O.Zn/c2*1-2-3-4(5)6;;;/h2*2-3H2,1H3,(H,5,6);2*1H2;. The van der Waals surface area contributed by atoms with Crippen LogP contribution in [0.25, 0.3) is 0 Å². The van der Waals surface area contributed by atoms with Crippen LogP contribution in [-0.4, -0.2) is 33.1 Å². The zero-order valence-electron chi connectivity index (χ0n) is 9.25. The van der Waals surface area contributed by atoms with E-state index in [9.17, 15) is 9.59 Å². The van der Waals surface area contributed by atoms with Crippen LogP contribution >= 0.6 is 0 Å². The summed E-state index contributed by atoms with van der Waals surface area (Å²) in [5, 5.41) is 15.8. The van der Waals surface area contributed by atoms with Gasteiger partial charge in [-0.2, -0.15) is 0 Å². The third-order valence-corrected chi connectivity index (χ3v) is 0.928. The predicted octanol–water partition coefficient (Wildman–Crippen LogP) is 0.0903. The Labute approximate surface area is 102 Å². The van der Waals surface area contributed by atoms with Crippen molar-refractivity contribution < 1.29 is 50.2 Å². The average Bonchev–Trinajstić information content (AvgIpc) is 1.87. The predicted molar refractivity (Wildman–Crippen MR) is 52.3 cm³/mol. The minimum atomic E-state index is -0.711. The molecule has 0 aliphatic carbocycles. The first-order valence-corrected chi connectivity index (χ1v) is 3.98. The molecule has 0 aliphatic heterocycles. The van der Waals surface area contributed by atoms with E-state index in [4.69, 9.17) is 10.2 Å². The molecule has 0 spiro atoms. The van der Waals surface area contributed by atoms with Gasteiger partial charge in [0.25, 0.3) is 0 Å². The van der Waals surface area contributed by atoms with Crippen LogP contribution in [0.1, 0.15) is 39.5 Å². The fourth-order valence-electron chi connectivity index (χ4n) is 0.428. The average molecular weight is 278 g/mol. The van der Waals surface area contributed by atoms with E-state index in [1.165, 1.54) is 0 Å². The minimum Gasteiger partial charge on any atom is -0.481 e. The topological polar surface area (TPSA) is 138 Å². The molecule has 0 saturated carbocycles. The van der Waals surface area contributed by atoms with Crippen molar-refractivity contribution >= 4 is 11.9 Å². The Morgan fingerprint density at radius 3 is 1.07 bits per heavy atom. The van der Waals surface area contributed by atoms with Crippen molar-refractivity contribution in [2.75, 3.05) is 0 Å². The molecule has 0 fully saturated rings. The SMILES string of the molecule is CCCC(=O)O.CCCC(=O)O.O.O.[Zn]. The van der Waals surface area contributed by atoms with Gasteiger partial charge in [-0.15, -0.1) is 0 Å². The van der Waals surface area contributed by atoms with E-state index in [0.717, 1.165) is 12.8 Å². The number of hydrogen-bond donors (Lipinski definition) is 2. The second-order valence-corrected chi connectivity index (χ2v) is 2.29. The van der Waals surface area contributed by atoms with Gasteiger partial charge < -0.3 is 21.2 Å². The van der Waals surface area contributed by atoms with E-state index in [-0.39, 0.29) is 30.4 Å². The summed E-state index contributed by atoms with van der Waals surface area (Å²) in [7, 11) is 0. The summed E-state index contributed by atoms with van der Waals surface area (Å²) in [6.07, 6.45) is 2.05. The summed E-state index contributed by atoms with van der Waals surface area (Å²) < 4.78 is 0. The maximum Gasteiger partial charge on any atom is 0.303 e.